The van der Waals surface area contributed by atoms with Crippen LogP contribution in [-0.2, 0) is 16.0 Å². The smallest absolute Gasteiger partial charge is 0.300 e. The highest BCUT2D eigenvalue weighted by Gasteiger charge is 2.47. The highest BCUT2D eigenvalue weighted by molar-refractivity contribution is 6.51. The first-order chi connectivity index (χ1) is 16.4. The number of carbonyl (C=O) groups excluding carboxylic acids is 2. The molecule has 2 aliphatic rings. The topological polar surface area (TPSA) is 96.3 Å². The van der Waals surface area contributed by atoms with E-state index in [4.69, 9.17) is 21.1 Å². The molecule has 1 saturated heterocycles. The largest absolute Gasteiger partial charge is 0.507 e. The molecule has 0 aliphatic carbocycles. The van der Waals surface area contributed by atoms with Crippen molar-refractivity contribution in [3.63, 3.8) is 0 Å². The molecule has 5 rings (SSSR count). The van der Waals surface area contributed by atoms with Crippen LogP contribution < -0.4 is 14.4 Å². The fourth-order valence-corrected chi connectivity index (χ4v) is 4.55. The summed E-state index contributed by atoms with van der Waals surface area (Å²) in [5, 5.41) is 21.3. The van der Waals surface area contributed by atoms with Crippen LogP contribution in [0.15, 0.2) is 66.2 Å². The van der Waals surface area contributed by atoms with Crippen LogP contribution in [0.2, 0.25) is 5.02 Å². The lowest BCUT2D eigenvalue weighted by atomic mass is 9.94. The van der Waals surface area contributed by atoms with Crippen molar-refractivity contribution >= 4 is 34.7 Å². The van der Waals surface area contributed by atoms with Crippen LogP contribution in [-0.4, -0.2) is 35.6 Å². The Labute approximate surface area is 200 Å². The third kappa shape index (κ3) is 3.54. The molecular formula is C26H20ClNO6. The molecule has 0 spiro atoms. The van der Waals surface area contributed by atoms with Gasteiger partial charge >= 0.3 is 0 Å². The van der Waals surface area contributed by atoms with Gasteiger partial charge in [0.05, 0.1) is 30.4 Å². The summed E-state index contributed by atoms with van der Waals surface area (Å²) in [5.74, 6) is -0.828. The quantitative estimate of drug-likeness (QED) is 0.323. The molecule has 0 aromatic heterocycles. The minimum atomic E-state index is -0.977. The van der Waals surface area contributed by atoms with Gasteiger partial charge in [-0.2, -0.15) is 0 Å². The third-order valence-corrected chi connectivity index (χ3v) is 6.33. The van der Waals surface area contributed by atoms with Crippen molar-refractivity contribution in [2.45, 2.75) is 12.5 Å². The van der Waals surface area contributed by atoms with Crippen LogP contribution in [0.1, 0.15) is 22.7 Å². The number of ether oxygens (including phenoxy) is 2. The van der Waals surface area contributed by atoms with Crippen LogP contribution in [0.3, 0.4) is 0 Å². The van der Waals surface area contributed by atoms with E-state index in [1.54, 1.807) is 48.5 Å². The van der Waals surface area contributed by atoms with Gasteiger partial charge in [0.1, 0.15) is 23.0 Å². The van der Waals surface area contributed by atoms with E-state index < -0.39 is 17.7 Å². The van der Waals surface area contributed by atoms with Crippen molar-refractivity contribution in [1.29, 1.82) is 0 Å². The summed E-state index contributed by atoms with van der Waals surface area (Å²) >= 11 is 6.16. The van der Waals surface area contributed by atoms with Crippen LogP contribution in [0.5, 0.6) is 17.2 Å². The summed E-state index contributed by atoms with van der Waals surface area (Å²) in [6.07, 6.45) is 0.686. The van der Waals surface area contributed by atoms with Crippen molar-refractivity contribution in [3.8, 4) is 17.2 Å². The molecule has 3 aromatic carbocycles. The number of aromatic hydroxyl groups is 1. The van der Waals surface area contributed by atoms with Gasteiger partial charge in [-0.15, -0.1) is 0 Å². The Morgan fingerprint density at radius 3 is 2.71 bits per heavy atom. The van der Waals surface area contributed by atoms with Gasteiger partial charge in [-0.3, -0.25) is 14.5 Å². The first-order valence-electron chi connectivity index (χ1n) is 10.6. The zero-order chi connectivity index (χ0) is 24.0. The Kier molecular flexibility index (Phi) is 5.42. The highest BCUT2D eigenvalue weighted by Crippen LogP contribution is 2.44. The van der Waals surface area contributed by atoms with Crippen LogP contribution >= 0.6 is 11.6 Å². The molecule has 0 bridgehead atoms. The summed E-state index contributed by atoms with van der Waals surface area (Å²) in [6, 6.07) is 15.3. The number of hydrogen-bond acceptors (Lipinski definition) is 6. The number of Topliss-reactive ketones (excluding diaryl/α,β-unsaturated/α-hetero) is 1. The molecule has 2 N–H and O–H groups in total. The van der Waals surface area contributed by atoms with E-state index >= 15 is 0 Å². The first-order valence-corrected chi connectivity index (χ1v) is 11.0. The number of rotatable bonds is 4. The van der Waals surface area contributed by atoms with Crippen LogP contribution in [0, 0.1) is 0 Å². The number of nitrogens with zero attached hydrogens (tertiary/aromatic N) is 1. The molecule has 2 heterocycles. The van der Waals surface area contributed by atoms with Crippen molar-refractivity contribution in [2.75, 3.05) is 18.6 Å². The Hall–Kier alpha value is -3.97. The summed E-state index contributed by atoms with van der Waals surface area (Å²) in [6.45, 7) is 0.547. The summed E-state index contributed by atoms with van der Waals surface area (Å²) in [7, 11) is 1.50. The Morgan fingerprint density at radius 1 is 1.12 bits per heavy atom. The number of ketones is 1. The predicted molar refractivity (Wildman–Crippen MR) is 127 cm³/mol. The van der Waals surface area contributed by atoms with E-state index in [2.05, 4.69) is 0 Å². The molecule has 3 aromatic rings. The van der Waals surface area contributed by atoms with Crippen LogP contribution in [0.4, 0.5) is 5.69 Å². The molecular weight excluding hydrogens is 458 g/mol. The molecule has 8 heteroatoms. The maximum atomic E-state index is 13.3. The maximum Gasteiger partial charge on any atom is 0.300 e. The van der Waals surface area contributed by atoms with Gasteiger partial charge < -0.3 is 19.7 Å². The second kappa shape index (κ2) is 8.43. The van der Waals surface area contributed by atoms with Gasteiger partial charge in [0, 0.05) is 23.7 Å². The molecule has 172 valence electrons. The molecule has 0 saturated carbocycles. The summed E-state index contributed by atoms with van der Waals surface area (Å²) in [5.41, 5.74) is 2.11. The van der Waals surface area contributed by atoms with Gasteiger partial charge in [-0.05, 0) is 53.6 Å². The number of amides is 1. The van der Waals surface area contributed by atoms with Crippen molar-refractivity contribution in [3.05, 3.63) is 87.9 Å². The number of benzene rings is 3. The number of aliphatic hydroxyl groups excluding tert-OH is 1. The second-order valence-electron chi connectivity index (χ2n) is 8.00. The molecule has 1 amide bonds. The molecule has 7 nitrogen and oxygen atoms in total. The minimum absolute atomic E-state index is 0.0587. The molecule has 1 unspecified atom stereocenters. The van der Waals surface area contributed by atoms with E-state index in [1.807, 2.05) is 0 Å². The number of hydrogen-bond donors (Lipinski definition) is 2. The normalized spacial score (nSPS) is 18.6. The fraction of sp³-hybridized carbons (Fsp3) is 0.154. The van der Waals surface area contributed by atoms with Gasteiger partial charge in [-0.1, -0.05) is 23.7 Å². The minimum Gasteiger partial charge on any atom is -0.507 e. The Balaban J connectivity index is 1.72. The number of phenols is 1. The molecule has 2 aliphatic heterocycles. The van der Waals surface area contributed by atoms with E-state index in [9.17, 15) is 19.8 Å². The van der Waals surface area contributed by atoms with E-state index in [0.29, 0.717) is 35.6 Å². The standard InChI is InChI=1S/C26H20ClNO6/c1-33-18-4-2-3-17(13-18)28-23(15-5-7-20(29)19(27)12-15)22(25(31)26(28)32)24(30)16-6-8-21-14(11-16)9-10-34-21/h2-8,11-13,23,29-30H,9-10H2,1H3/b24-22-. The third-order valence-electron chi connectivity index (χ3n) is 6.03. The number of methoxy groups -OCH3 is 1. The van der Waals surface area contributed by atoms with Crippen molar-refractivity contribution < 1.29 is 29.3 Å². The molecule has 0 radical (unpaired) electrons. The molecule has 1 fully saturated rings. The van der Waals surface area contributed by atoms with Crippen molar-refractivity contribution in [2.24, 2.45) is 0 Å². The number of anilines is 1. The predicted octanol–water partition coefficient (Wildman–Crippen LogP) is 4.62. The lowest BCUT2D eigenvalue weighted by Crippen LogP contribution is -2.29. The monoisotopic (exact) mass is 477 g/mol. The lowest BCUT2D eigenvalue weighted by Gasteiger charge is -2.26. The number of carbonyl (C=O) groups is 2. The SMILES string of the molecule is COc1cccc(N2C(=O)C(=O)/C(=C(\O)c3ccc4c(c3)CCO4)C2c2ccc(O)c(Cl)c2)c1. The average molecular weight is 478 g/mol. The Morgan fingerprint density at radius 2 is 1.94 bits per heavy atom. The van der Waals surface area contributed by atoms with Gasteiger partial charge in [-0.25, -0.2) is 0 Å². The number of fused-ring (bicyclic) bond motifs is 1. The second-order valence-corrected chi connectivity index (χ2v) is 8.41. The Bertz CT molecular complexity index is 1370. The summed E-state index contributed by atoms with van der Waals surface area (Å²) in [4.78, 5) is 27.8. The van der Waals surface area contributed by atoms with Crippen molar-refractivity contribution in [1.82, 2.24) is 0 Å². The lowest BCUT2D eigenvalue weighted by molar-refractivity contribution is -0.132. The van der Waals surface area contributed by atoms with Gasteiger partial charge in [0.2, 0.25) is 0 Å². The zero-order valence-electron chi connectivity index (χ0n) is 18.1. The maximum absolute atomic E-state index is 13.3. The fourth-order valence-electron chi connectivity index (χ4n) is 4.36. The van der Waals surface area contributed by atoms with E-state index in [-0.39, 0.29) is 22.1 Å². The van der Waals surface area contributed by atoms with E-state index in [1.165, 1.54) is 24.1 Å². The van der Waals surface area contributed by atoms with Gasteiger partial charge in [0.25, 0.3) is 11.7 Å². The first kappa shape index (κ1) is 21.9. The molecule has 34 heavy (non-hydrogen) atoms. The zero-order valence-corrected chi connectivity index (χ0v) is 18.9. The number of halogens is 1. The summed E-state index contributed by atoms with van der Waals surface area (Å²) < 4.78 is 10.8. The number of phenolic OH excluding ortho intramolecular Hbond substituents is 1. The highest BCUT2D eigenvalue weighted by atomic mass is 35.5. The molecule has 1 atom stereocenters. The van der Waals surface area contributed by atoms with Crippen LogP contribution in [0.25, 0.3) is 5.76 Å². The average Bonchev–Trinajstić information content (AvgIpc) is 3.42. The number of aliphatic hydroxyl groups is 1. The van der Waals surface area contributed by atoms with E-state index in [0.717, 1.165) is 11.3 Å². The van der Waals surface area contributed by atoms with Gasteiger partial charge in [0.15, 0.2) is 0 Å².